The molecular formula is C16H24N4O4S. The molecule has 3 aliphatic heterocycles. The Labute approximate surface area is 148 Å². The van der Waals surface area contributed by atoms with E-state index in [9.17, 15) is 8.42 Å². The standard InChI is InChI=1S/C16H24N4O4S/c1-12-13-9-24-11-16(3-4-20(10-16)25(2,21)22)14(13)18-15(17-12)19-5-7-23-8-6-19/h3-11H2,1-2H3/t16-/m0/s1. The van der Waals surface area contributed by atoms with Crippen LogP contribution in [0.4, 0.5) is 5.95 Å². The molecule has 0 aromatic carbocycles. The highest BCUT2D eigenvalue weighted by atomic mass is 32.2. The van der Waals surface area contributed by atoms with Crippen LogP contribution < -0.4 is 4.90 Å². The van der Waals surface area contributed by atoms with Crippen molar-refractivity contribution >= 4 is 16.0 Å². The number of aromatic nitrogens is 2. The first kappa shape index (κ1) is 17.1. The van der Waals surface area contributed by atoms with Crippen LogP contribution in [0.3, 0.4) is 0 Å². The number of fused-ring (bicyclic) bond motifs is 2. The Balaban J connectivity index is 1.74. The van der Waals surface area contributed by atoms with Gasteiger partial charge < -0.3 is 14.4 Å². The van der Waals surface area contributed by atoms with Gasteiger partial charge in [0.15, 0.2) is 0 Å². The van der Waals surface area contributed by atoms with Crippen molar-refractivity contribution in [3.8, 4) is 0 Å². The molecule has 0 saturated carbocycles. The zero-order valence-electron chi connectivity index (χ0n) is 14.7. The second-order valence-corrected chi connectivity index (χ2v) is 9.14. The van der Waals surface area contributed by atoms with Crippen LogP contribution in [0.1, 0.15) is 23.4 Å². The number of sulfonamides is 1. The number of ether oxygens (including phenoxy) is 2. The van der Waals surface area contributed by atoms with E-state index in [0.717, 1.165) is 42.4 Å². The quantitative estimate of drug-likeness (QED) is 0.729. The van der Waals surface area contributed by atoms with Crippen molar-refractivity contribution in [2.45, 2.75) is 25.4 Å². The number of anilines is 1. The van der Waals surface area contributed by atoms with E-state index in [0.29, 0.717) is 39.5 Å². The van der Waals surface area contributed by atoms with Gasteiger partial charge in [-0.1, -0.05) is 0 Å². The molecule has 3 aliphatic rings. The van der Waals surface area contributed by atoms with E-state index >= 15 is 0 Å². The summed E-state index contributed by atoms with van der Waals surface area (Å²) in [7, 11) is -3.21. The highest BCUT2D eigenvalue weighted by Gasteiger charge is 2.47. The number of nitrogens with zero attached hydrogens (tertiary/aromatic N) is 4. The molecule has 2 fully saturated rings. The van der Waals surface area contributed by atoms with Gasteiger partial charge in [-0.25, -0.2) is 22.7 Å². The smallest absolute Gasteiger partial charge is 0.225 e. The van der Waals surface area contributed by atoms with E-state index in [1.807, 2.05) is 6.92 Å². The van der Waals surface area contributed by atoms with Crippen LogP contribution in [-0.4, -0.2) is 74.9 Å². The van der Waals surface area contributed by atoms with Gasteiger partial charge in [0.1, 0.15) is 0 Å². The highest BCUT2D eigenvalue weighted by molar-refractivity contribution is 7.88. The van der Waals surface area contributed by atoms with Crippen molar-refractivity contribution in [2.24, 2.45) is 0 Å². The van der Waals surface area contributed by atoms with Crippen molar-refractivity contribution in [3.63, 3.8) is 0 Å². The van der Waals surface area contributed by atoms with Crippen molar-refractivity contribution in [1.82, 2.24) is 14.3 Å². The summed E-state index contributed by atoms with van der Waals surface area (Å²) in [5.74, 6) is 0.721. The number of rotatable bonds is 2. The van der Waals surface area contributed by atoms with Gasteiger partial charge in [-0.15, -0.1) is 0 Å². The van der Waals surface area contributed by atoms with E-state index < -0.39 is 10.0 Å². The first-order valence-electron chi connectivity index (χ1n) is 8.63. The molecule has 0 bridgehead atoms. The molecule has 0 unspecified atom stereocenters. The fourth-order valence-corrected chi connectivity index (χ4v) is 4.85. The maximum Gasteiger partial charge on any atom is 0.225 e. The average Bonchev–Trinajstić information content (AvgIpc) is 3.02. The fraction of sp³-hybridized carbons (Fsp3) is 0.750. The first-order valence-corrected chi connectivity index (χ1v) is 10.5. The molecule has 2 saturated heterocycles. The number of aryl methyl sites for hydroxylation is 1. The summed E-state index contributed by atoms with van der Waals surface area (Å²) in [6, 6.07) is 0. The molecule has 9 heteroatoms. The molecule has 138 valence electrons. The lowest BCUT2D eigenvalue weighted by Gasteiger charge is -2.36. The molecule has 0 N–H and O–H groups in total. The van der Waals surface area contributed by atoms with E-state index in [2.05, 4.69) is 9.88 Å². The minimum absolute atomic E-state index is 0.370. The molecule has 8 nitrogen and oxygen atoms in total. The van der Waals surface area contributed by atoms with Crippen LogP contribution >= 0.6 is 0 Å². The van der Waals surface area contributed by atoms with Gasteiger partial charge in [0.2, 0.25) is 16.0 Å². The van der Waals surface area contributed by atoms with Gasteiger partial charge in [-0.05, 0) is 13.3 Å². The Morgan fingerprint density at radius 2 is 1.88 bits per heavy atom. The highest BCUT2D eigenvalue weighted by Crippen LogP contribution is 2.41. The van der Waals surface area contributed by atoms with Crippen molar-refractivity contribution in [1.29, 1.82) is 0 Å². The summed E-state index contributed by atoms with van der Waals surface area (Å²) in [4.78, 5) is 11.7. The van der Waals surface area contributed by atoms with Crippen molar-refractivity contribution in [3.05, 3.63) is 17.0 Å². The van der Waals surface area contributed by atoms with Crippen LogP contribution in [0.15, 0.2) is 0 Å². The first-order chi connectivity index (χ1) is 11.9. The summed E-state index contributed by atoms with van der Waals surface area (Å²) >= 11 is 0. The maximum absolute atomic E-state index is 12.0. The van der Waals surface area contributed by atoms with Crippen LogP contribution in [0.2, 0.25) is 0 Å². The largest absolute Gasteiger partial charge is 0.378 e. The average molecular weight is 368 g/mol. The van der Waals surface area contributed by atoms with Gasteiger partial charge in [0, 0.05) is 37.4 Å². The molecule has 0 amide bonds. The number of hydrogen-bond donors (Lipinski definition) is 0. The van der Waals surface area contributed by atoms with E-state index in [1.54, 1.807) is 0 Å². The van der Waals surface area contributed by atoms with Gasteiger partial charge in [0.25, 0.3) is 0 Å². The predicted octanol–water partition coefficient (Wildman–Crippen LogP) is 0.0549. The Hall–Kier alpha value is -1.29. The van der Waals surface area contributed by atoms with Gasteiger partial charge in [-0.2, -0.15) is 0 Å². The Morgan fingerprint density at radius 3 is 2.56 bits per heavy atom. The lowest BCUT2D eigenvalue weighted by Crippen LogP contribution is -2.43. The van der Waals surface area contributed by atoms with Gasteiger partial charge in [0.05, 0.1) is 43.8 Å². The molecule has 4 heterocycles. The van der Waals surface area contributed by atoms with Crippen LogP contribution in [-0.2, 0) is 31.5 Å². The molecule has 25 heavy (non-hydrogen) atoms. The third kappa shape index (κ3) is 3.03. The van der Waals surface area contributed by atoms with Gasteiger partial charge in [-0.3, -0.25) is 0 Å². The van der Waals surface area contributed by atoms with E-state index in [4.69, 9.17) is 14.5 Å². The third-order valence-corrected chi connectivity index (χ3v) is 6.66. The minimum Gasteiger partial charge on any atom is -0.378 e. The van der Waals surface area contributed by atoms with Crippen molar-refractivity contribution < 1.29 is 17.9 Å². The molecule has 1 spiro atoms. The third-order valence-electron chi connectivity index (χ3n) is 5.41. The van der Waals surface area contributed by atoms with Crippen LogP contribution in [0, 0.1) is 6.92 Å². The molecule has 0 aliphatic carbocycles. The number of morpholine rings is 1. The monoisotopic (exact) mass is 368 g/mol. The zero-order chi connectivity index (χ0) is 17.7. The predicted molar refractivity (Wildman–Crippen MR) is 92.2 cm³/mol. The lowest BCUT2D eigenvalue weighted by atomic mass is 9.80. The van der Waals surface area contributed by atoms with Crippen molar-refractivity contribution in [2.75, 3.05) is 57.2 Å². The maximum atomic E-state index is 12.0. The van der Waals surface area contributed by atoms with E-state index in [1.165, 1.54) is 10.6 Å². The lowest BCUT2D eigenvalue weighted by molar-refractivity contribution is 0.0525. The van der Waals surface area contributed by atoms with Crippen LogP contribution in [0.5, 0.6) is 0 Å². The second kappa shape index (κ2) is 6.15. The zero-order valence-corrected chi connectivity index (χ0v) is 15.5. The molecule has 1 aromatic heterocycles. The molecule has 0 radical (unpaired) electrons. The summed E-state index contributed by atoms with van der Waals surface area (Å²) in [6.45, 7) is 6.82. The Kier molecular flexibility index (Phi) is 4.22. The van der Waals surface area contributed by atoms with E-state index in [-0.39, 0.29) is 5.41 Å². The molecular weight excluding hydrogens is 344 g/mol. The summed E-state index contributed by atoms with van der Waals surface area (Å²) in [5.41, 5.74) is 2.53. The molecule has 4 rings (SSSR count). The van der Waals surface area contributed by atoms with Crippen LogP contribution in [0.25, 0.3) is 0 Å². The Morgan fingerprint density at radius 1 is 1.12 bits per heavy atom. The normalized spacial score (nSPS) is 27.7. The SMILES string of the molecule is Cc1nc(N2CCOCC2)nc2c1COC[C@@]21CCN(S(C)(=O)=O)C1. The van der Waals surface area contributed by atoms with Gasteiger partial charge >= 0.3 is 0 Å². The Bertz CT molecular complexity index is 779. The topological polar surface area (TPSA) is 84.9 Å². The fourth-order valence-electron chi connectivity index (χ4n) is 3.94. The number of hydrogen-bond acceptors (Lipinski definition) is 7. The minimum atomic E-state index is -3.21. The molecule has 1 aromatic rings. The molecule has 1 atom stereocenters. The summed E-state index contributed by atoms with van der Waals surface area (Å²) in [5, 5.41) is 0. The summed E-state index contributed by atoms with van der Waals surface area (Å²) in [6.07, 6.45) is 1.99. The summed E-state index contributed by atoms with van der Waals surface area (Å²) < 4.78 is 36.7. The second-order valence-electron chi connectivity index (χ2n) is 7.16.